The summed E-state index contributed by atoms with van der Waals surface area (Å²) in [5, 5.41) is 36.4. The van der Waals surface area contributed by atoms with Crippen LogP contribution in [0.5, 0.6) is 0 Å². The molecule has 0 radical (unpaired) electrons. The van der Waals surface area contributed by atoms with Gasteiger partial charge < -0.3 is 29.9 Å². The molecule has 0 unspecified atom stereocenters. The Kier molecular flexibility index (Phi) is 12.2. The van der Waals surface area contributed by atoms with Crippen molar-refractivity contribution in [2.45, 2.75) is 58.4 Å². The van der Waals surface area contributed by atoms with E-state index in [1.54, 1.807) is 0 Å². The zero-order valence-electron chi connectivity index (χ0n) is 11.2. The third kappa shape index (κ3) is 5.29. The minimum Gasteiger partial charge on any atom is -0.394 e. The fourth-order valence-corrected chi connectivity index (χ4v) is 1.36. The molecule has 106 valence electrons. The summed E-state index contributed by atoms with van der Waals surface area (Å²) >= 11 is 0. The van der Waals surface area contributed by atoms with Crippen LogP contribution in [-0.4, -0.2) is 64.8 Å². The van der Waals surface area contributed by atoms with Gasteiger partial charge in [0.15, 0.2) is 6.29 Å². The average Bonchev–Trinajstić information content (AvgIpc) is 2.40. The summed E-state index contributed by atoms with van der Waals surface area (Å²) in [4.78, 5) is 0. The van der Waals surface area contributed by atoms with E-state index in [0.717, 1.165) is 0 Å². The van der Waals surface area contributed by atoms with Gasteiger partial charge in [-0.05, 0) is 0 Å². The molecular formula is C11H26O6. The smallest absolute Gasteiger partial charge is 0.184 e. The summed E-state index contributed by atoms with van der Waals surface area (Å²) in [7, 11) is 1.32. The largest absolute Gasteiger partial charge is 0.394 e. The molecule has 6 nitrogen and oxygen atoms in total. The number of methoxy groups -OCH3 is 1. The lowest BCUT2D eigenvalue weighted by molar-refractivity contribution is -0.290. The molecule has 4 N–H and O–H groups in total. The third-order valence-corrected chi connectivity index (χ3v) is 2.11. The number of aliphatic hydroxyl groups is 4. The molecule has 0 aromatic carbocycles. The van der Waals surface area contributed by atoms with Crippen LogP contribution in [0.15, 0.2) is 0 Å². The second kappa shape index (κ2) is 10.9. The minimum absolute atomic E-state index is 0.390. The lowest BCUT2D eigenvalue weighted by atomic mass is 9.99. The van der Waals surface area contributed by atoms with Crippen molar-refractivity contribution < 1.29 is 29.9 Å². The van der Waals surface area contributed by atoms with Crippen LogP contribution in [0.3, 0.4) is 0 Å². The summed E-state index contributed by atoms with van der Waals surface area (Å²) in [5.74, 6) is 0. The van der Waals surface area contributed by atoms with Crippen LogP contribution in [0.1, 0.15) is 27.7 Å². The number of hydrogen-bond acceptors (Lipinski definition) is 6. The van der Waals surface area contributed by atoms with Gasteiger partial charge in [-0.3, -0.25) is 0 Å². The van der Waals surface area contributed by atoms with Crippen molar-refractivity contribution in [1.29, 1.82) is 0 Å². The Hall–Kier alpha value is -0.240. The third-order valence-electron chi connectivity index (χ3n) is 2.11. The van der Waals surface area contributed by atoms with Gasteiger partial charge in [0.2, 0.25) is 0 Å². The first kappa shape index (κ1) is 19.1. The summed E-state index contributed by atoms with van der Waals surface area (Å²) in [5.41, 5.74) is 0. The number of aliphatic hydroxyl groups excluding tert-OH is 4. The molecule has 17 heavy (non-hydrogen) atoms. The monoisotopic (exact) mass is 254 g/mol. The highest BCUT2D eigenvalue weighted by atomic mass is 16.6. The molecule has 5 atom stereocenters. The maximum atomic E-state index is 9.38. The van der Waals surface area contributed by atoms with Crippen molar-refractivity contribution >= 4 is 0 Å². The molecular weight excluding hydrogens is 228 g/mol. The molecule has 0 saturated carbocycles. The van der Waals surface area contributed by atoms with Crippen LogP contribution in [0, 0.1) is 0 Å². The topological polar surface area (TPSA) is 99.4 Å². The molecule has 1 aliphatic heterocycles. The van der Waals surface area contributed by atoms with Gasteiger partial charge in [0.25, 0.3) is 0 Å². The van der Waals surface area contributed by atoms with Gasteiger partial charge in [0.05, 0.1) is 6.61 Å². The Morgan fingerprint density at radius 3 is 1.82 bits per heavy atom. The summed E-state index contributed by atoms with van der Waals surface area (Å²) < 4.78 is 9.61. The summed E-state index contributed by atoms with van der Waals surface area (Å²) in [6.07, 6.45) is -5.81. The molecule has 1 rings (SSSR count). The number of rotatable bonds is 2. The molecule has 1 heterocycles. The maximum Gasteiger partial charge on any atom is 0.184 e. The number of ether oxygens (including phenoxy) is 2. The van der Waals surface area contributed by atoms with Crippen molar-refractivity contribution in [2.24, 2.45) is 0 Å². The average molecular weight is 254 g/mol. The van der Waals surface area contributed by atoms with Gasteiger partial charge in [0.1, 0.15) is 24.4 Å². The normalized spacial score (nSPS) is 36.2. The van der Waals surface area contributed by atoms with Gasteiger partial charge >= 0.3 is 0 Å². The molecule has 0 amide bonds. The van der Waals surface area contributed by atoms with E-state index in [1.165, 1.54) is 7.11 Å². The fourth-order valence-electron chi connectivity index (χ4n) is 1.36. The first-order chi connectivity index (χ1) is 8.11. The van der Waals surface area contributed by atoms with E-state index >= 15 is 0 Å². The summed E-state index contributed by atoms with van der Waals surface area (Å²) in [6, 6.07) is 0. The molecule has 0 aromatic heterocycles. The van der Waals surface area contributed by atoms with Crippen LogP contribution in [-0.2, 0) is 9.47 Å². The lowest BCUT2D eigenvalue weighted by Gasteiger charge is -2.39. The Bertz CT molecular complexity index is 164. The maximum absolute atomic E-state index is 9.38. The van der Waals surface area contributed by atoms with E-state index < -0.39 is 30.7 Å². The van der Waals surface area contributed by atoms with E-state index in [2.05, 4.69) is 0 Å². The van der Waals surface area contributed by atoms with E-state index in [1.807, 2.05) is 27.7 Å². The van der Waals surface area contributed by atoms with Crippen molar-refractivity contribution in [1.82, 2.24) is 0 Å². The van der Waals surface area contributed by atoms with E-state index in [9.17, 15) is 10.2 Å². The van der Waals surface area contributed by atoms with Crippen molar-refractivity contribution in [3.8, 4) is 0 Å². The second-order valence-electron chi connectivity index (χ2n) is 2.93. The van der Waals surface area contributed by atoms with Crippen LogP contribution < -0.4 is 0 Å². The van der Waals surface area contributed by atoms with Gasteiger partial charge in [-0.25, -0.2) is 0 Å². The Labute approximate surface area is 103 Å². The van der Waals surface area contributed by atoms with Crippen LogP contribution in [0.25, 0.3) is 0 Å². The minimum atomic E-state index is -1.49. The molecule has 6 heteroatoms. The highest BCUT2D eigenvalue weighted by Crippen LogP contribution is 2.21. The zero-order chi connectivity index (χ0) is 14.0. The predicted octanol–water partition coefficient (Wildman–Crippen LogP) is -0.515. The van der Waals surface area contributed by atoms with Gasteiger partial charge in [-0.2, -0.15) is 0 Å². The highest BCUT2D eigenvalue weighted by Gasteiger charge is 2.43. The lowest BCUT2D eigenvalue weighted by Crippen LogP contribution is -2.59. The first-order valence-corrected chi connectivity index (χ1v) is 5.95. The molecule has 1 aliphatic rings. The molecule has 1 fully saturated rings. The van der Waals surface area contributed by atoms with E-state index in [4.69, 9.17) is 19.7 Å². The van der Waals surface area contributed by atoms with Crippen molar-refractivity contribution in [3.63, 3.8) is 0 Å². The fraction of sp³-hybridized carbons (Fsp3) is 1.00. The highest BCUT2D eigenvalue weighted by molar-refractivity contribution is 4.89. The first-order valence-electron chi connectivity index (χ1n) is 5.95. The van der Waals surface area contributed by atoms with E-state index in [0.29, 0.717) is 0 Å². The summed E-state index contributed by atoms with van der Waals surface area (Å²) in [6.45, 7) is 7.61. The Morgan fingerprint density at radius 1 is 1.00 bits per heavy atom. The van der Waals surface area contributed by atoms with Crippen LogP contribution in [0.4, 0.5) is 0 Å². The SMILES string of the molecule is CC.CC.CO[C@H]1[C@H](O)[C@@H](O)[C@@H](O)O[C@@H]1CO. The van der Waals surface area contributed by atoms with E-state index in [-0.39, 0.29) is 6.61 Å². The van der Waals surface area contributed by atoms with Gasteiger partial charge in [0, 0.05) is 7.11 Å². The van der Waals surface area contributed by atoms with Crippen LogP contribution in [0.2, 0.25) is 0 Å². The Morgan fingerprint density at radius 2 is 1.47 bits per heavy atom. The quantitative estimate of drug-likeness (QED) is 0.529. The Balaban J connectivity index is 0. The van der Waals surface area contributed by atoms with Crippen LogP contribution >= 0.6 is 0 Å². The molecule has 0 aromatic rings. The predicted molar refractivity (Wildman–Crippen MR) is 63.5 cm³/mol. The molecule has 0 spiro atoms. The molecule has 1 saturated heterocycles. The second-order valence-corrected chi connectivity index (χ2v) is 2.93. The zero-order valence-corrected chi connectivity index (χ0v) is 11.2. The van der Waals surface area contributed by atoms with Gasteiger partial charge in [-0.15, -0.1) is 0 Å². The molecule has 0 bridgehead atoms. The number of hydrogen-bond donors (Lipinski definition) is 4. The van der Waals surface area contributed by atoms with Crippen molar-refractivity contribution in [3.05, 3.63) is 0 Å². The standard InChI is InChI=1S/C7H14O6.2C2H6/c1-12-6-3(2-8)13-7(11)5(10)4(6)9;2*1-2/h3-11H,2H2,1H3;2*1-2H3/t3-,4-,5-,6-,7+;;/m1../s1. The van der Waals surface area contributed by atoms with Crippen molar-refractivity contribution in [2.75, 3.05) is 13.7 Å². The van der Waals surface area contributed by atoms with Gasteiger partial charge in [-0.1, -0.05) is 27.7 Å². The molecule has 0 aliphatic carbocycles.